The van der Waals surface area contributed by atoms with Gasteiger partial charge in [0.1, 0.15) is 0 Å². The predicted molar refractivity (Wildman–Crippen MR) is 96.1 cm³/mol. The smallest absolute Gasteiger partial charge is 0.209 e. The summed E-state index contributed by atoms with van der Waals surface area (Å²) in [5.41, 5.74) is -0.649. The summed E-state index contributed by atoms with van der Waals surface area (Å²) in [4.78, 5) is 4.47. The van der Waals surface area contributed by atoms with Crippen molar-refractivity contribution in [1.29, 1.82) is 0 Å². The maximum absolute atomic E-state index is 11.4. The van der Waals surface area contributed by atoms with E-state index in [1.165, 1.54) is 0 Å². The molecule has 138 valence electrons. The van der Waals surface area contributed by atoms with Crippen LogP contribution in [0, 0.1) is 5.92 Å². The zero-order valence-corrected chi connectivity index (χ0v) is 16.0. The Labute approximate surface area is 141 Å². The molecule has 0 saturated heterocycles. The molecule has 7 nitrogen and oxygen atoms in total. The van der Waals surface area contributed by atoms with E-state index in [0.29, 0.717) is 18.4 Å². The average molecular weight is 351 g/mol. The lowest BCUT2D eigenvalue weighted by molar-refractivity contribution is 0.251. The Morgan fingerprint density at radius 3 is 2.35 bits per heavy atom. The summed E-state index contributed by atoms with van der Waals surface area (Å²) in [6.07, 6.45) is 4.03. The van der Waals surface area contributed by atoms with E-state index in [1.54, 1.807) is 13.8 Å². The van der Waals surface area contributed by atoms with Crippen LogP contribution in [-0.2, 0) is 10.0 Å². The van der Waals surface area contributed by atoms with Gasteiger partial charge in [0.15, 0.2) is 5.96 Å². The Morgan fingerprint density at radius 1 is 1.22 bits per heavy atom. The van der Waals surface area contributed by atoms with Crippen molar-refractivity contribution >= 4 is 16.0 Å². The first-order valence-electron chi connectivity index (χ1n) is 8.25. The second-order valence-corrected chi connectivity index (χ2v) is 8.25. The fraction of sp³-hybridized carbons (Fsp3) is 0.933. The zero-order chi connectivity index (χ0) is 17.9. The molecule has 4 N–H and O–H groups in total. The van der Waals surface area contributed by atoms with Crippen molar-refractivity contribution in [1.82, 2.24) is 15.4 Å². The minimum atomic E-state index is -3.27. The Morgan fingerprint density at radius 2 is 1.87 bits per heavy atom. The summed E-state index contributed by atoms with van der Waals surface area (Å²) < 4.78 is 25.3. The van der Waals surface area contributed by atoms with Gasteiger partial charge in [0, 0.05) is 25.2 Å². The van der Waals surface area contributed by atoms with E-state index >= 15 is 0 Å². The minimum absolute atomic E-state index is 0.186. The van der Waals surface area contributed by atoms with Crippen molar-refractivity contribution < 1.29 is 13.5 Å². The van der Waals surface area contributed by atoms with E-state index in [9.17, 15) is 8.42 Å². The van der Waals surface area contributed by atoms with Crippen LogP contribution in [0.5, 0.6) is 0 Å². The number of sulfonamides is 1. The molecule has 0 radical (unpaired) electrons. The van der Waals surface area contributed by atoms with Gasteiger partial charge in [0.25, 0.3) is 0 Å². The van der Waals surface area contributed by atoms with Crippen LogP contribution in [0.3, 0.4) is 0 Å². The number of aliphatic hydroxyl groups excluding tert-OH is 1. The van der Waals surface area contributed by atoms with Crippen LogP contribution >= 0.6 is 0 Å². The molecule has 0 heterocycles. The molecule has 8 heteroatoms. The third kappa shape index (κ3) is 12.3. The van der Waals surface area contributed by atoms with Crippen LogP contribution in [0.2, 0.25) is 0 Å². The molecule has 0 amide bonds. The molecule has 0 aromatic rings. The molecule has 0 fully saturated rings. The molecule has 0 aromatic carbocycles. The topological polar surface area (TPSA) is 103 Å². The summed E-state index contributed by atoms with van der Waals surface area (Å²) in [6, 6.07) is 0. The highest BCUT2D eigenvalue weighted by Crippen LogP contribution is 2.09. The Hall–Kier alpha value is -0.860. The standard InChI is InChI=1S/C15H34N4O3S/c1-6-8-13(9-10-20)11-17-14(16-7-2)18-12-15(3,4)19-23(5,21)22/h13,19-20H,6-12H2,1-5H3,(H2,16,17,18). The second kappa shape index (κ2) is 10.8. The van der Waals surface area contributed by atoms with Gasteiger partial charge in [-0.3, -0.25) is 4.99 Å². The van der Waals surface area contributed by atoms with E-state index < -0.39 is 15.6 Å². The molecular weight excluding hydrogens is 316 g/mol. The van der Waals surface area contributed by atoms with E-state index in [-0.39, 0.29) is 6.61 Å². The monoisotopic (exact) mass is 350 g/mol. The lowest BCUT2D eigenvalue weighted by atomic mass is 10.0. The number of aliphatic hydroxyl groups is 1. The summed E-state index contributed by atoms with van der Waals surface area (Å²) in [7, 11) is -3.27. The van der Waals surface area contributed by atoms with Gasteiger partial charge in [0.2, 0.25) is 10.0 Å². The number of aliphatic imine (C=N–C) groups is 1. The molecule has 0 saturated carbocycles. The van der Waals surface area contributed by atoms with Crippen LogP contribution in [0.4, 0.5) is 0 Å². The number of nitrogens with zero attached hydrogens (tertiary/aromatic N) is 1. The molecule has 0 aliphatic carbocycles. The van der Waals surface area contributed by atoms with Gasteiger partial charge in [-0.2, -0.15) is 0 Å². The fourth-order valence-electron chi connectivity index (χ4n) is 2.33. The van der Waals surface area contributed by atoms with Gasteiger partial charge in [0.05, 0.1) is 12.8 Å². The van der Waals surface area contributed by atoms with Crippen LogP contribution in [-0.4, -0.2) is 57.5 Å². The number of rotatable bonds is 11. The van der Waals surface area contributed by atoms with Gasteiger partial charge >= 0.3 is 0 Å². The molecule has 1 atom stereocenters. The summed E-state index contributed by atoms with van der Waals surface area (Å²) in [6.45, 7) is 9.68. The Balaban J connectivity index is 4.69. The molecule has 0 aromatic heterocycles. The van der Waals surface area contributed by atoms with Gasteiger partial charge in [-0.1, -0.05) is 13.3 Å². The average Bonchev–Trinajstić information content (AvgIpc) is 2.39. The second-order valence-electron chi connectivity index (χ2n) is 6.50. The van der Waals surface area contributed by atoms with Crippen molar-refractivity contribution in [2.24, 2.45) is 10.9 Å². The number of nitrogens with one attached hydrogen (secondary N) is 3. The lowest BCUT2D eigenvalue weighted by Crippen LogP contribution is -2.47. The minimum Gasteiger partial charge on any atom is -0.396 e. The molecule has 0 spiro atoms. The third-order valence-corrected chi connectivity index (χ3v) is 4.15. The number of hydrogen-bond donors (Lipinski definition) is 4. The first-order chi connectivity index (χ1) is 10.6. The van der Waals surface area contributed by atoms with Gasteiger partial charge in [-0.15, -0.1) is 0 Å². The highest BCUT2D eigenvalue weighted by atomic mass is 32.2. The molecule has 0 aliphatic heterocycles. The van der Waals surface area contributed by atoms with Crippen molar-refractivity contribution in [3.05, 3.63) is 0 Å². The van der Waals surface area contributed by atoms with Crippen LogP contribution in [0.15, 0.2) is 4.99 Å². The lowest BCUT2D eigenvalue weighted by Gasteiger charge is -2.24. The predicted octanol–water partition coefficient (Wildman–Crippen LogP) is 0.668. The van der Waals surface area contributed by atoms with Crippen LogP contribution < -0.4 is 15.4 Å². The van der Waals surface area contributed by atoms with Gasteiger partial charge in [-0.05, 0) is 39.5 Å². The molecule has 0 rings (SSSR count). The van der Waals surface area contributed by atoms with Gasteiger partial charge in [-0.25, -0.2) is 13.1 Å². The van der Waals surface area contributed by atoms with E-state index in [4.69, 9.17) is 5.11 Å². The van der Waals surface area contributed by atoms with E-state index in [2.05, 4.69) is 27.3 Å². The first-order valence-corrected chi connectivity index (χ1v) is 10.1. The number of hydrogen-bond acceptors (Lipinski definition) is 4. The van der Waals surface area contributed by atoms with E-state index in [1.807, 2.05) is 6.92 Å². The van der Waals surface area contributed by atoms with Crippen molar-refractivity contribution in [2.45, 2.75) is 52.5 Å². The molecule has 0 bridgehead atoms. The molecule has 0 aliphatic rings. The zero-order valence-electron chi connectivity index (χ0n) is 15.1. The van der Waals surface area contributed by atoms with Gasteiger partial charge < -0.3 is 15.7 Å². The highest BCUT2D eigenvalue weighted by Gasteiger charge is 2.22. The summed E-state index contributed by atoms with van der Waals surface area (Å²) in [5.74, 6) is 1.06. The Kier molecular flexibility index (Phi) is 10.4. The fourth-order valence-corrected chi connectivity index (χ4v) is 3.40. The van der Waals surface area contributed by atoms with E-state index in [0.717, 1.165) is 38.6 Å². The quantitative estimate of drug-likeness (QED) is 0.324. The SMILES string of the molecule is CCCC(CCO)CNC(=NCC(C)(C)NS(C)(=O)=O)NCC. The normalized spacial score (nSPS) is 14.6. The van der Waals surface area contributed by atoms with Crippen LogP contribution in [0.1, 0.15) is 47.0 Å². The van der Waals surface area contributed by atoms with Crippen molar-refractivity contribution in [3.63, 3.8) is 0 Å². The summed E-state index contributed by atoms with van der Waals surface area (Å²) in [5, 5.41) is 15.5. The highest BCUT2D eigenvalue weighted by molar-refractivity contribution is 7.88. The first kappa shape index (κ1) is 22.1. The molecule has 23 heavy (non-hydrogen) atoms. The third-order valence-electron chi connectivity index (χ3n) is 3.23. The van der Waals surface area contributed by atoms with Crippen molar-refractivity contribution in [3.8, 4) is 0 Å². The summed E-state index contributed by atoms with van der Waals surface area (Å²) >= 11 is 0. The largest absolute Gasteiger partial charge is 0.396 e. The maximum atomic E-state index is 11.4. The number of guanidine groups is 1. The maximum Gasteiger partial charge on any atom is 0.209 e. The Bertz CT molecular complexity index is 444. The van der Waals surface area contributed by atoms with Crippen molar-refractivity contribution in [2.75, 3.05) is 32.5 Å². The molecule has 1 unspecified atom stereocenters. The molecular formula is C15H34N4O3S. The van der Waals surface area contributed by atoms with Crippen LogP contribution in [0.25, 0.3) is 0 Å².